The molecule has 6 heteroatoms. The van der Waals surface area contributed by atoms with Gasteiger partial charge in [-0.3, -0.25) is 10.2 Å². The average Bonchev–Trinajstić information content (AvgIpc) is 3.04. The van der Waals surface area contributed by atoms with E-state index in [4.69, 9.17) is 4.42 Å². The molecule has 0 aliphatic carbocycles. The van der Waals surface area contributed by atoms with Crippen LogP contribution in [0, 0.1) is 0 Å². The van der Waals surface area contributed by atoms with E-state index in [1.165, 1.54) is 0 Å². The highest BCUT2D eigenvalue weighted by Crippen LogP contribution is 2.30. The number of thiazole rings is 1. The zero-order valence-electron chi connectivity index (χ0n) is 11.1. The number of nitrogens with one attached hydrogen (secondary N) is 1. The Morgan fingerprint density at radius 2 is 2.05 bits per heavy atom. The van der Waals surface area contributed by atoms with Crippen molar-refractivity contribution in [2.24, 2.45) is 0 Å². The predicted molar refractivity (Wildman–Crippen MR) is 78.5 cm³/mol. The molecule has 102 valence electrons. The van der Waals surface area contributed by atoms with Gasteiger partial charge in [0, 0.05) is 14.1 Å². The number of rotatable bonds is 3. The van der Waals surface area contributed by atoms with Gasteiger partial charge < -0.3 is 4.42 Å². The maximum atomic E-state index is 11.8. The molecule has 2 aromatic heterocycles. The topological polar surface area (TPSA) is 58.4 Å². The zero-order chi connectivity index (χ0) is 14.1. The Balaban J connectivity index is 1.91. The first-order valence-corrected chi connectivity index (χ1v) is 6.89. The van der Waals surface area contributed by atoms with Crippen molar-refractivity contribution in [1.82, 2.24) is 15.4 Å². The summed E-state index contributed by atoms with van der Waals surface area (Å²) in [5.74, 6) is 0.602. The van der Waals surface area contributed by atoms with Gasteiger partial charge in [-0.1, -0.05) is 12.1 Å². The highest BCUT2D eigenvalue weighted by molar-refractivity contribution is 7.21. The molecule has 0 bridgehead atoms. The molecule has 5 nitrogen and oxygen atoms in total. The van der Waals surface area contributed by atoms with Gasteiger partial charge in [0.25, 0.3) is 0 Å². The van der Waals surface area contributed by atoms with Crippen molar-refractivity contribution in [3.05, 3.63) is 42.2 Å². The van der Waals surface area contributed by atoms with Crippen LogP contribution in [-0.4, -0.2) is 30.0 Å². The van der Waals surface area contributed by atoms with E-state index in [2.05, 4.69) is 10.4 Å². The van der Waals surface area contributed by atoms with E-state index in [0.717, 1.165) is 15.2 Å². The first kappa shape index (κ1) is 12.8. The maximum Gasteiger partial charge on any atom is 0.301 e. The molecule has 2 heterocycles. The standard InChI is InChI=1S/C14H13N3O2S/c1-17(2)16-13(18)10-7-8-11(19-10)14-15-9-5-3-4-6-12(9)20-14/h3-8H,1-2H3,(H,16,18). The predicted octanol–water partition coefficient (Wildman–Crippen LogP) is 2.76. The third kappa shape index (κ3) is 2.43. The zero-order valence-corrected chi connectivity index (χ0v) is 11.9. The number of nitrogens with zero attached hydrogens (tertiary/aromatic N) is 2. The molecule has 1 amide bonds. The summed E-state index contributed by atoms with van der Waals surface area (Å²) < 4.78 is 6.67. The van der Waals surface area contributed by atoms with Crippen molar-refractivity contribution in [1.29, 1.82) is 0 Å². The van der Waals surface area contributed by atoms with Gasteiger partial charge in [-0.2, -0.15) is 0 Å². The van der Waals surface area contributed by atoms with Gasteiger partial charge in [0.2, 0.25) is 0 Å². The molecule has 3 aromatic rings. The first-order chi connectivity index (χ1) is 9.63. The quantitative estimate of drug-likeness (QED) is 0.753. The van der Waals surface area contributed by atoms with Crippen molar-refractivity contribution < 1.29 is 9.21 Å². The SMILES string of the molecule is CN(C)NC(=O)c1ccc(-c2nc3ccccc3s2)o1. The minimum absolute atomic E-state index is 0.271. The Morgan fingerprint density at radius 1 is 1.25 bits per heavy atom. The number of aromatic nitrogens is 1. The smallest absolute Gasteiger partial charge is 0.301 e. The van der Waals surface area contributed by atoms with Crippen molar-refractivity contribution in [3.8, 4) is 10.8 Å². The monoisotopic (exact) mass is 287 g/mol. The number of hydrogen-bond acceptors (Lipinski definition) is 5. The maximum absolute atomic E-state index is 11.8. The lowest BCUT2D eigenvalue weighted by Gasteiger charge is -2.09. The normalized spacial score (nSPS) is 11.2. The van der Waals surface area contributed by atoms with Crippen LogP contribution in [0.15, 0.2) is 40.8 Å². The van der Waals surface area contributed by atoms with E-state index >= 15 is 0 Å². The van der Waals surface area contributed by atoms with Crippen LogP contribution in [-0.2, 0) is 0 Å². The van der Waals surface area contributed by atoms with E-state index in [1.54, 1.807) is 42.6 Å². The van der Waals surface area contributed by atoms with Gasteiger partial charge in [-0.05, 0) is 24.3 Å². The number of fused-ring (bicyclic) bond motifs is 1. The lowest BCUT2D eigenvalue weighted by Crippen LogP contribution is -2.35. The van der Waals surface area contributed by atoms with Crippen LogP contribution >= 0.6 is 11.3 Å². The Morgan fingerprint density at radius 3 is 2.80 bits per heavy atom. The highest BCUT2D eigenvalue weighted by Gasteiger charge is 2.15. The summed E-state index contributed by atoms with van der Waals surface area (Å²) in [6.07, 6.45) is 0. The number of benzene rings is 1. The van der Waals surface area contributed by atoms with E-state index in [1.807, 2.05) is 24.3 Å². The summed E-state index contributed by atoms with van der Waals surface area (Å²) >= 11 is 1.54. The molecule has 1 N–H and O–H groups in total. The van der Waals surface area contributed by atoms with Gasteiger partial charge in [0.15, 0.2) is 16.5 Å². The molecule has 3 rings (SSSR count). The minimum atomic E-state index is -0.276. The molecule has 20 heavy (non-hydrogen) atoms. The fourth-order valence-electron chi connectivity index (χ4n) is 1.81. The summed E-state index contributed by atoms with van der Waals surface area (Å²) in [6, 6.07) is 11.3. The van der Waals surface area contributed by atoms with E-state index < -0.39 is 0 Å². The Labute approximate surface area is 119 Å². The van der Waals surface area contributed by atoms with E-state index in [-0.39, 0.29) is 11.7 Å². The van der Waals surface area contributed by atoms with Crippen LogP contribution in [0.2, 0.25) is 0 Å². The van der Waals surface area contributed by atoms with Crippen molar-refractivity contribution >= 4 is 27.5 Å². The Bertz CT molecular complexity index is 727. The first-order valence-electron chi connectivity index (χ1n) is 6.07. The number of furan rings is 1. The molecule has 0 atom stereocenters. The summed E-state index contributed by atoms with van der Waals surface area (Å²) in [6.45, 7) is 0. The number of carbonyl (C=O) groups is 1. The third-order valence-corrected chi connectivity index (χ3v) is 3.71. The number of hydrogen-bond donors (Lipinski definition) is 1. The Hall–Kier alpha value is -2.18. The molecule has 0 radical (unpaired) electrons. The fraction of sp³-hybridized carbons (Fsp3) is 0.143. The van der Waals surface area contributed by atoms with Crippen LogP contribution in [0.5, 0.6) is 0 Å². The highest BCUT2D eigenvalue weighted by atomic mass is 32.1. The molecule has 0 fully saturated rings. The molecule has 0 spiro atoms. The molecule has 0 aliphatic rings. The van der Waals surface area contributed by atoms with Crippen LogP contribution in [0.3, 0.4) is 0 Å². The molecular weight excluding hydrogens is 274 g/mol. The van der Waals surface area contributed by atoms with E-state index in [9.17, 15) is 4.79 Å². The second-order valence-electron chi connectivity index (χ2n) is 4.49. The summed E-state index contributed by atoms with van der Waals surface area (Å²) in [4.78, 5) is 16.3. The minimum Gasteiger partial charge on any atom is -0.448 e. The van der Waals surface area contributed by atoms with Gasteiger partial charge >= 0.3 is 5.91 Å². The Kier molecular flexibility index (Phi) is 3.25. The second kappa shape index (κ2) is 5.07. The average molecular weight is 287 g/mol. The summed E-state index contributed by atoms with van der Waals surface area (Å²) in [7, 11) is 3.49. The molecule has 0 saturated heterocycles. The molecule has 0 unspecified atom stereocenters. The van der Waals surface area contributed by atoms with Gasteiger partial charge in [-0.15, -0.1) is 11.3 Å². The number of para-hydroxylation sites is 1. The molecule has 0 saturated carbocycles. The molecule has 1 aromatic carbocycles. The summed E-state index contributed by atoms with van der Waals surface area (Å²) in [5.41, 5.74) is 3.57. The van der Waals surface area contributed by atoms with Gasteiger partial charge in [-0.25, -0.2) is 9.99 Å². The van der Waals surface area contributed by atoms with Gasteiger partial charge in [0.1, 0.15) is 0 Å². The number of carbonyl (C=O) groups excluding carboxylic acids is 1. The molecule has 0 aliphatic heterocycles. The third-order valence-electron chi connectivity index (χ3n) is 2.66. The largest absolute Gasteiger partial charge is 0.448 e. The van der Waals surface area contributed by atoms with Crippen molar-refractivity contribution in [3.63, 3.8) is 0 Å². The lowest BCUT2D eigenvalue weighted by atomic mass is 10.3. The van der Waals surface area contributed by atoms with Crippen molar-refractivity contribution in [2.75, 3.05) is 14.1 Å². The van der Waals surface area contributed by atoms with Crippen LogP contribution in [0.4, 0.5) is 0 Å². The summed E-state index contributed by atoms with van der Waals surface area (Å²) in [5, 5.41) is 2.34. The second-order valence-corrected chi connectivity index (χ2v) is 5.52. The van der Waals surface area contributed by atoms with Crippen LogP contribution < -0.4 is 5.43 Å². The van der Waals surface area contributed by atoms with Gasteiger partial charge in [0.05, 0.1) is 10.2 Å². The number of hydrazine groups is 1. The lowest BCUT2D eigenvalue weighted by molar-refractivity contribution is 0.0828. The number of amides is 1. The molecular formula is C14H13N3O2S. The van der Waals surface area contributed by atoms with E-state index in [0.29, 0.717) is 5.76 Å². The van der Waals surface area contributed by atoms with Crippen LogP contribution in [0.25, 0.3) is 21.0 Å². The van der Waals surface area contributed by atoms with Crippen LogP contribution in [0.1, 0.15) is 10.6 Å². The van der Waals surface area contributed by atoms with Crippen molar-refractivity contribution in [2.45, 2.75) is 0 Å². The fourth-order valence-corrected chi connectivity index (χ4v) is 2.74.